The van der Waals surface area contributed by atoms with Gasteiger partial charge < -0.3 is 10.1 Å². The Morgan fingerprint density at radius 1 is 1.41 bits per heavy atom. The van der Waals surface area contributed by atoms with E-state index in [-0.39, 0.29) is 17.8 Å². The van der Waals surface area contributed by atoms with E-state index in [9.17, 15) is 9.59 Å². The quantitative estimate of drug-likeness (QED) is 0.848. The lowest BCUT2D eigenvalue weighted by Gasteiger charge is -2.26. The first-order valence-electron chi connectivity index (χ1n) is 7.94. The van der Waals surface area contributed by atoms with Crippen molar-refractivity contribution < 1.29 is 14.3 Å². The Labute approximate surface area is 131 Å². The summed E-state index contributed by atoms with van der Waals surface area (Å²) >= 11 is 0. The molecule has 0 saturated heterocycles. The van der Waals surface area contributed by atoms with E-state index < -0.39 is 6.10 Å². The van der Waals surface area contributed by atoms with Crippen LogP contribution in [0, 0.1) is 11.8 Å². The Kier molecular flexibility index (Phi) is 5.92. The fourth-order valence-corrected chi connectivity index (χ4v) is 2.80. The number of hydrogen-bond acceptors (Lipinski definition) is 4. The van der Waals surface area contributed by atoms with Crippen LogP contribution < -0.4 is 5.32 Å². The molecule has 22 heavy (non-hydrogen) atoms. The molecule has 1 aromatic heterocycles. The molecule has 3 atom stereocenters. The molecule has 1 aromatic rings. The summed E-state index contributed by atoms with van der Waals surface area (Å²) in [6.07, 6.45) is 4.86. The van der Waals surface area contributed by atoms with Crippen LogP contribution >= 0.6 is 0 Å². The van der Waals surface area contributed by atoms with E-state index in [1.165, 1.54) is 6.42 Å². The highest BCUT2D eigenvalue weighted by atomic mass is 16.5. The summed E-state index contributed by atoms with van der Waals surface area (Å²) < 4.78 is 5.32. The van der Waals surface area contributed by atoms with Crippen molar-refractivity contribution in [2.45, 2.75) is 52.2 Å². The highest BCUT2D eigenvalue weighted by Crippen LogP contribution is 2.29. The second-order valence-electron chi connectivity index (χ2n) is 6.09. The number of hydrogen-bond donors (Lipinski definition) is 1. The van der Waals surface area contributed by atoms with Gasteiger partial charge >= 0.3 is 5.97 Å². The molecule has 1 fully saturated rings. The molecular weight excluding hydrogens is 280 g/mol. The fourth-order valence-electron chi connectivity index (χ4n) is 2.80. The van der Waals surface area contributed by atoms with Crippen molar-refractivity contribution >= 4 is 11.9 Å². The maximum Gasteiger partial charge on any atom is 0.309 e. The number of nitrogens with zero attached hydrogens (tertiary/aromatic N) is 1. The van der Waals surface area contributed by atoms with Crippen LogP contribution in [-0.4, -0.2) is 23.0 Å². The van der Waals surface area contributed by atoms with E-state index >= 15 is 0 Å². The average Bonchev–Trinajstić information content (AvgIpc) is 2.53. The Bertz CT molecular complexity index is 504. The van der Waals surface area contributed by atoms with Crippen LogP contribution in [0.15, 0.2) is 24.4 Å². The molecule has 1 heterocycles. The fraction of sp³-hybridized carbons (Fsp3) is 0.588. The van der Waals surface area contributed by atoms with Gasteiger partial charge in [-0.3, -0.25) is 14.6 Å². The van der Waals surface area contributed by atoms with E-state index in [0.29, 0.717) is 12.5 Å². The van der Waals surface area contributed by atoms with Crippen LogP contribution in [0.3, 0.4) is 0 Å². The van der Waals surface area contributed by atoms with Gasteiger partial charge in [0.05, 0.1) is 18.2 Å². The van der Waals surface area contributed by atoms with Gasteiger partial charge in [0, 0.05) is 6.20 Å². The van der Waals surface area contributed by atoms with Gasteiger partial charge in [-0.2, -0.15) is 0 Å². The number of carbonyl (C=O) groups is 2. The summed E-state index contributed by atoms with van der Waals surface area (Å²) in [5.74, 6) is -0.0377. The first kappa shape index (κ1) is 16.5. The maximum absolute atomic E-state index is 12.1. The Morgan fingerprint density at radius 3 is 2.91 bits per heavy atom. The summed E-state index contributed by atoms with van der Waals surface area (Å²) in [6, 6.07) is 5.52. The second kappa shape index (κ2) is 7.92. The number of carbonyl (C=O) groups excluding carboxylic acids is 2. The topological polar surface area (TPSA) is 68.3 Å². The summed E-state index contributed by atoms with van der Waals surface area (Å²) in [4.78, 5) is 28.2. The van der Waals surface area contributed by atoms with E-state index in [4.69, 9.17) is 4.74 Å². The average molecular weight is 304 g/mol. The molecule has 2 rings (SSSR count). The summed E-state index contributed by atoms with van der Waals surface area (Å²) in [6.45, 7) is 4.10. The first-order valence-corrected chi connectivity index (χ1v) is 7.94. The minimum Gasteiger partial charge on any atom is -0.452 e. The van der Waals surface area contributed by atoms with Crippen molar-refractivity contribution in [3.05, 3.63) is 30.1 Å². The van der Waals surface area contributed by atoms with Gasteiger partial charge in [-0.05, 0) is 37.8 Å². The number of nitrogens with one attached hydrogen (secondary N) is 1. The molecule has 1 saturated carbocycles. The predicted octanol–water partition coefficient (Wildman–Crippen LogP) is 2.46. The predicted molar refractivity (Wildman–Crippen MR) is 82.8 cm³/mol. The molecule has 0 radical (unpaired) electrons. The molecule has 1 amide bonds. The smallest absolute Gasteiger partial charge is 0.309 e. The lowest BCUT2D eigenvalue weighted by molar-refractivity contribution is -0.160. The van der Waals surface area contributed by atoms with E-state index in [1.54, 1.807) is 13.1 Å². The monoisotopic (exact) mass is 304 g/mol. The van der Waals surface area contributed by atoms with Gasteiger partial charge in [-0.15, -0.1) is 0 Å². The number of rotatable bonds is 5. The SMILES string of the molecule is C[C@@H]1CCC[C@@H](C(=O)O[C@@H](C)C(=O)NCc2ccccn2)C1. The summed E-state index contributed by atoms with van der Waals surface area (Å²) in [5.41, 5.74) is 0.774. The van der Waals surface area contributed by atoms with E-state index in [0.717, 1.165) is 25.0 Å². The van der Waals surface area contributed by atoms with Gasteiger partial charge in [0.2, 0.25) is 0 Å². The van der Waals surface area contributed by atoms with Crippen molar-refractivity contribution in [1.82, 2.24) is 10.3 Å². The first-order chi connectivity index (χ1) is 10.6. The standard InChI is InChI=1S/C17H24N2O3/c1-12-6-5-7-14(10-12)17(21)22-13(2)16(20)19-11-15-8-3-4-9-18-15/h3-4,8-9,12-14H,5-7,10-11H2,1-2H3,(H,19,20)/t12-,13+,14-/m1/s1. The molecule has 1 N–H and O–H groups in total. The highest BCUT2D eigenvalue weighted by Gasteiger charge is 2.28. The Balaban J connectivity index is 1.77. The minimum absolute atomic E-state index is 0.0604. The van der Waals surface area contributed by atoms with Crippen LogP contribution in [0.1, 0.15) is 45.2 Å². The molecule has 1 aliphatic rings. The van der Waals surface area contributed by atoms with Gasteiger partial charge in [0.25, 0.3) is 5.91 Å². The van der Waals surface area contributed by atoms with Gasteiger partial charge in [-0.25, -0.2) is 0 Å². The second-order valence-corrected chi connectivity index (χ2v) is 6.09. The molecule has 0 aliphatic heterocycles. The third-order valence-corrected chi connectivity index (χ3v) is 4.10. The number of ether oxygens (including phenoxy) is 1. The highest BCUT2D eigenvalue weighted by molar-refractivity contribution is 5.83. The molecule has 1 aliphatic carbocycles. The molecule has 0 unspecified atom stereocenters. The van der Waals surface area contributed by atoms with E-state index in [1.807, 2.05) is 18.2 Å². The Morgan fingerprint density at radius 2 is 2.23 bits per heavy atom. The number of esters is 1. The normalized spacial score (nSPS) is 22.6. The third kappa shape index (κ3) is 4.83. The van der Waals surface area contributed by atoms with Gasteiger partial charge in [0.1, 0.15) is 0 Å². The van der Waals surface area contributed by atoms with Gasteiger partial charge in [-0.1, -0.05) is 25.8 Å². The number of amides is 1. The molecule has 5 nitrogen and oxygen atoms in total. The van der Waals surface area contributed by atoms with Gasteiger partial charge in [0.15, 0.2) is 6.10 Å². The van der Waals surface area contributed by atoms with Crippen LogP contribution in [0.4, 0.5) is 0 Å². The van der Waals surface area contributed by atoms with Crippen molar-refractivity contribution in [2.75, 3.05) is 0 Å². The molecular formula is C17H24N2O3. The van der Waals surface area contributed by atoms with Crippen LogP contribution in [0.5, 0.6) is 0 Å². The van der Waals surface area contributed by atoms with Crippen molar-refractivity contribution in [3.8, 4) is 0 Å². The van der Waals surface area contributed by atoms with Crippen LogP contribution in [0.25, 0.3) is 0 Å². The molecule has 0 bridgehead atoms. The largest absolute Gasteiger partial charge is 0.452 e. The Hall–Kier alpha value is -1.91. The van der Waals surface area contributed by atoms with Crippen molar-refractivity contribution in [2.24, 2.45) is 11.8 Å². The lowest BCUT2D eigenvalue weighted by Crippen LogP contribution is -2.37. The van der Waals surface area contributed by atoms with Crippen LogP contribution in [0.2, 0.25) is 0 Å². The molecule has 0 spiro atoms. The summed E-state index contributed by atoms with van der Waals surface area (Å²) in [5, 5.41) is 2.74. The number of aromatic nitrogens is 1. The summed E-state index contributed by atoms with van der Waals surface area (Å²) in [7, 11) is 0. The molecule has 5 heteroatoms. The zero-order valence-corrected chi connectivity index (χ0v) is 13.2. The van der Waals surface area contributed by atoms with Crippen LogP contribution in [-0.2, 0) is 20.9 Å². The zero-order chi connectivity index (χ0) is 15.9. The molecule has 0 aromatic carbocycles. The van der Waals surface area contributed by atoms with E-state index in [2.05, 4.69) is 17.2 Å². The maximum atomic E-state index is 12.1. The lowest BCUT2D eigenvalue weighted by atomic mass is 9.82. The third-order valence-electron chi connectivity index (χ3n) is 4.10. The van der Waals surface area contributed by atoms with Crippen molar-refractivity contribution in [1.29, 1.82) is 0 Å². The number of pyridine rings is 1. The minimum atomic E-state index is -0.770. The van der Waals surface area contributed by atoms with Crippen molar-refractivity contribution in [3.63, 3.8) is 0 Å². The zero-order valence-electron chi connectivity index (χ0n) is 13.2. The molecule has 120 valence electrons.